The van der Waals surface area contributed by atoms with Crippen molar-refractivity contribution < 1.29 is 4.39 Å². The van der Waals surface area contributed by atoms with Gasteiger partial charge < -0.3 is 10.2 Å². The number of nitrogens with one attached hydrogen (secondary N) is 1. The van der Waals surface area contributed by atoms with E-state index < -0.39 is 6.17 Å². The number of alkyl halides is 1. The summed E-state index contributed by atoms with van der Waals surface area (Å²) in [7, 11) is 2.08. The molecule has 2 nitrogen and oxygen atoms in total. The Bertz CT molecular complexity index is 133. The lowest BCUT2D eigenvalue weighted by Gasteiger charge is -2.20. The van der Waals surface area contributed by atoms with Crippen LogP contribution in [0.25, 0.3) is 0 Å². The Kier molecular flexibility index (Phi) is 4.67. The molecular weight excluding hydrogens is 167 g/mol. The Hall–Kier alpha value is -0.150. The van der Waals surface area contributed by atoms with E-state index in [4.69, 9.17) is 0 Å². The van der Waals surface area contributed by atoms with Gasteiger partial charge in [0.2, 0.25) is 0 Å². The minimum absolute atomic E-state index is 0.663. The largest absolute Gasteiger partial charge is 0.316 e. The highest BCUT2D eigenvalue weighted by Gasteiger charge is 2.16. The van der Waals surface area contributed by atoms with Gasteiger partial charge in [0.15, 0.2) is 0 Å². The van der Waals surface area contributed by atoms with Gasteiger partial charge in [-0.2, -0.15) is 0 Å². The molecule has 0 spiro atoms. The van der Waals surface area contributed by atoms with Crippen molar-refractivity contribution in [1.82, 2.24) is 10.2 Å². The van der Waals surface area contributed by atoms with E-state index in [9.17, 15) is 4.39 Å². The van der Waals surface area contributed by atoms with Crippen molar-refractivity contribution in [2.24, 2.45) is 5.92 Å². The van der Waals surface area contributed by atoms with Crippen LogP contribution in [-0.4, -0.2) is 44.3 Å². The third-order valence-corrected chi connectivity index (χ3v) is 2.64. The molecule has 1 fully saturated rings. The van der Waals surface area contributed by atoms with Crippen LogP contribution in [0.15, 0.2) is 0 Å². The molecular formula is C10H21FN2. The summed E-state index contributed by atoms with van der Waals surface area (Å²) >= 11 is 0. The van der Waals surface area contributed by atoms with E-state index in [2.05, 4.69) is 17.3 Å². The molecule has 0 radical (unpaired) electrons. The van der Waals surface area contributed by atoms with Gasteiger partial charge in [-0.3, -0.25) is 0 Å². The third kappa shape index (κ3) is 4.58. The third-order valence-electron chi connectivity index (χ3n) is 2.64. The molecule has 2 unspecified atom stereocenters. The molecule has 1 N–H and O–H groups in total. The van der Waals surface area contributed by atoms with Crippen LogP contribution < -0.4 is 5.32 Å². The molecule has 0 aliphatic carbocycles. The molecule has 0 aromatic carbocycles. The topological polar surface area (TPSA) is 15.3 Å². The van der Waals surface area contributed by atoms with Crippen LogP contribution in [0.1, 0.15) is 19.8 Å². The standard InChI is InChI=1S/C10H21FN2/c1-9(11)4-6-13(2)8-10-3-5-12-7-10/h9-10,12H,3-8H2,1-2H3. The Labute approximate surface area is 80.5 Å². The van der Waals surface area contributed by atoms with Gasteiger partial charge in [-0.15, -0.1) is 0 Å². The van der Waals surface area contributed by atoms with Crippen LogP contribution in [0.2, 0.25) is 0 Å². The van der Waals surface area contributed by atoms with Crippen LogP contribution in [0.4, 0.5) is 4.39 Å². The summed E-state index contributed by atoms with van der Waals surface area (Å²) in [6.45, 7) is 5.91. The molecule has 2 atom stereocenters. The van der Waals surface area contributed by atoms with Crippen LogP contribution in [0, 0.1) is 5.92 Å². The van der Waals surface area contributed by atoms with Gasteiger partial charge >= 0.3 is 0 Å². The molecule has 13 heavy (non-hydrogen) atoms. The summed E-state index contributed by atoms with van der Waals surface area (Å²) in [6.07, 6.45) is 1.27. The summed E-state index contributed by atoms with van der Waals surface area (Å²) < 4.78 is 12.5. The highest BCUT2D eigenvalue weighted by atomic mass is 19.1. The number of hydrogen-bond donors (Lipinski definition) is 1. The Morgan fingerprint density at radius 3 is 2.92 bits per heavy atom. The molecule has 1 saturated heterocycles. The van der Waals surface area contributed by atoms with Crippen LogP contribution in [0.3, 0.4) is 0 Å². The minimum Gasteiger partial charge on any atom is -0.316 e. The molecule has 1 aliphatic rings. The zero-order valence-electron chi connectivity index (χ0n) is 8.72. The second-order valence-electron chi connectivity index (χ2n) is 4.19. The summed E-state index contributed by atoms with van der Waals surface area (Å²) in [5.74, 6) is 0.778. The molecule has 0 aromatic rings. The molecule has 0 saturated carbocycles. The summed E-state index contributed by atoms with van der Waals surface area (Å²) in [5, 5.41) is 3.34. The van der Waals surface area contributed by atoms with E-state index in [1.54, 1.807) is 6.92 Å². The molecule has 0 bridgehead atoms. The van der Waals surface area contributed by atoms with E-state index in [0.29, 0.717) is 6.42 Å². The average molecular weight is 188 g/mol. The van der Waals surface area contributed by atoms with Crippen molar-refractivity contribution in [2.75, 3.05) is 33.2 Å². The van der Waals surface area contributed by atoms with E-state index in [1.165, 1.54) is 6.42 Å². The number of hydrogen-bond acceptors (Lipinski definition) is 2. The SMILES string of the molecule is CC(F)CCN(C)CC1CCNC1. The summed E-state index contributed by atoms with van der Waals surface area (Å²) in [6, 6.07) is 0. The number of rotatable bonds is 5. The summed E-state index contributed by atoms with van der Waals surface area (Å²) in [4.78, 5) is 2.24. The quantitative estimate of drug-likeness (QED) is 0.699. The lowest BCUT2D eigenvalue weighted by Crippen LogP contribution is -2.28. The Morgan fingerprint density at radius 1 is 1.62 bits per heavy atom. The van der Waals surface area contributed by atoms with Crippen molar-refractivity contribution in [3.05, 3.63) is 0 Å². The first-order valence-corrected chi connectivity index (χ1v) is 5.22. The van der Waals surface area contributed by atoms with Crippen LogP contribution in [-0.2, 0) is 0 Å². The van der Waals surface area contributed by atoms with Gasteiger partial charge in [-0.1, -0.05) is 0 Å². The molecule has 0 aromatic heterocycles. The van der Waals surface area contributed by atoms with Gasteiger partial charge in [0.05, 0.1) is 6.17 Å². The van der Waals surface area contributed by atoms with Gasteiger partial charge in [-0.25, -0.2) is 4.39 Å². The second-order valence-corrected chi connectivity index (χ2v) is 4.19. The first-order valence-electron chi connectivity index (χ1n) is 5.22. The fourth-order valence-electron chi connectivity index (χ4n) is 1.80. The first-order chi connectivity index (χ1) is 6.18. The van der Waals surface area contributed by atoms with E-state index in [1.807, 2.05) is 0 Å². The zero-order chi connectivity index (χ0) is 9.68. The van der Waals surface area contributed by atoms with E-state index in [0.717, 1.165) is 32.1 Å². The normalized spacial score (nSPS) is 25.4. The van der Waals surface area contributed by atoms with Gasteiger partial charge in [-0.05, 0) is 45.8 Å². The predicted octanol–water partition coefficient (Wildman–Crippen LogP) is 1.28. The second kappa shape index (κ2) is 5.55. The fourth-order valence-corrected chi connectivity index (χ4v) is 1.80. The highest BCUT2D eigenvalue weighted by Crippen LogP contribution is 2.09. The van der Waals surface area contributed by atoms with Crippen molar-refractivity contribution in [3.63, 3.8) is 0 Å². The smallest absolute Gasteiger partial charge is 0.0985 e. The summed E-state index contributed by atoms with van der Waals surface area (Å²) in [5.41, 5.74) is 0. The molecule has 78 valence electrons. The van der Waals surface area contributed by atoms with Crippen molar-refractivity contribution in [2.45, 2.75) is 25.9 Å². The predicted molar refractivity (Wildman–Crippen MR) is 53.7 cm³/mol. The molecule has 1 heterocycles. The Balaban J connectivity index is 2.05. The van der Waals surface area contributed by atoms with Crippen molar-refractivity contribution in [1.29, 1.82) is 0 Å². The Morgan fingerprint density at radius 2 is 2.38 bits per heavy atom. The van der Waals surface area contributed by atoms with Crippen molar-refractivity contribution >= 4 is 0 Å². The van der Waals surface area contributed by atoms with E-state index >= 15 is 0 Å². The maximum absolute atomic E-state index is 12.5. The molecule has 3 heteroatoms. The molecule has 1 rings (SSSR count). The maximum Gasteiger partial charge on any atom is 0.0985 e. The van der Waals surface area contributed by atoms with Gasteiger partial charge in [0, 0.05) is 13.1 Å². The monoisotopic (exact) mass is 188 g/mol. The van der Waals surface area contributed by atoms with Crippen LogP contribution in [0.5, 0.6) is 0 Å². The fraction of sp³-hybridized carbons (Fsp3) is 1.00. The maximum atomic E-state index is 12.5. The number of nitrogens with zero attached hydrogens (tertiary/aromatic N) is 1. The molecule has 1 aliphatic heterocycles. The average Bonchev–Trinajstić information content (AvgIpc) is 2.53. The van der Waals surface area contributed by atoms with E-state index in [-0.39, 0.29) is 0 Å². The lowest BCUT2D eigenvalue weighted by atomic mass is 10.1. The van der Waals surface area contributed by atoms with Crippen LogP contribution >= 0.6 is 0 Å². The molecule has 0 amide bonds. The lowest BCUT2D eigenvalue weighted by molar-refractivity contribution is 0.242. The minimum atomic E-state index is -0.663. The van der Waals surface area contributed by atoms with Gasteiger partial charge in [0.1, 0.15) is 0 Å². The number of halogens is 1. The first kappa shape index (κ1) is 10.9. The van der Waals surface area contributed by atoms with Gasteiger partial charge in [0.25, 0.3) is 0 Å². The van der Waals surface area contributed by atoms with Crippen molar-refractivity contribution in [3.8, 4) is 0 Å². The zero-order valence-corrected chi connectivity index (χ0v) is 8.72. The highest BCUT2D eigenvalue weighted by molar-refractivity contribution is 4.73.